The Hall–Kier alpha value is -2.98. The van der Waals surface area contributed by atoms with Gasteiger partial charge in [0.05, 0.1) is 27.7 Å². The van der Waals surface area contributed by atoms with Crippen LogP contribution in [0, 0.1) is 10.1 Å². The summed E-state index contributed by atoms with van der Waals surface area (Å²) in [6.45, 7) is 0. The Bertz CT molecular complexity index is 974. The van der Waals surface area contributed by atoms with E-state index in [0.717, 1.165) is 5.69 Å². The van der Waals surface area contributed by atoms with E-state index in [1.54, 1.807) is 12.1 Å². The molecule has 1 amide bonds. The number of nitrogens with zero attached hydrogens (tertiary/aromatic N) is 3. The predicted molar refractivity (Wildman–Crippen MR) is 97.4 cm³/mol. The minimum Gasteiger partial charge on any atom is -0.368 e. The maximum atomic E-state index is 11.1. The largest absolute Gasteiger partial charge is 0.368 e. The third-order valence-corrected chi connectivity index (χ3v) is 4.58. The number of aromatic nitrogens is 3. The van der Waals surface area contributed by atoms with Crippen LogP contribution in [0.3, 0.4) is 0 Å². The fourth-order valence-corrected chi connectivity index (χ4v) is 3.14. The highest BCUT2D eigenvalue weighted by atomic mass is 32.2. The normalized spacial score (nSPS) is 12.2. The molecule has 134 valence electrons. The summed E-state index contributed by atoms with van der Waals surface area (Å²) in [4.78, 5) is 33.4. The summed E-state index contributed by atoms with van der Waals surface area (Å²) in [5, 5.41) is 11.5. The number of carbonyl (C=O) groups is 1. The van der Waals surface area contributed by atoms with E-state index < -0.39 is 16.9 Å². The van der Waals surface area contributed by atoms with Crippen molar-refractivity contribution in [2.45, 2.75) is 23.4 Å². The lowest BCUT2D eigenvalue weighted by molar-refractivity contribution is -0.384. The smallest absolute Gasteiger partial charge is 0.271 e. The van der Waals surface area contributed by atoms with Crippen molar-refractivity contribution in [3.05, 3.63) is 57.9 Å². The minimum absolute atomic E-state index is 0.0119. The van der Waals surface area contributed by atoms with E-state index in [-0.39, 0.29) is 12.1 Å². The standard InChI is InChI=1S/C16H16N6O3S/c17-12(15(18)23)6-9-2-1-3-10(19-9)8-26-16-20-13-5-4-11(22(24)25)7-14(13)21-16/h1-5,7,12H,6,8,17H2,(H2,18,23)(H,20,21). The van der Waals surface area contributed by atoms with Crippen LogP contribution in [0.4, 0.5) is 5.69 Å². The molecule has 5 N–H and O–H groups in total. The molecule has 9 nitrogen and oxygen atoms in total. The minimum atomic E-state index is -0.767. The highest BCUT2D eigenvalue weighted by Crippen LogP contribution is 2.25. The van der Waals surface area contributed by atoms with Crippen molar-refractivity contribution in [3.8, 4) is 0 Å². The summed E-state index contributed by atoms with van der Waals surface area (Å²) in [5.74, 6) is -0.0235. The van der Waals surface area contributed by atoms with Crippen molar-refractivity contribution in [3.63, 3.8) is 0 Å². The first-order valence-corrected chi connectivity index (χ1v) is 8.67. The predicted octanol–water partition coefficient (Wildman–Crippen LogP) is 1.51. The number of nitro benzene ring substituents is 1. The monoisotopic (exact) mass is 372 g/mol. The number of benzene rings is 1. The van der Waals surface area contributed by atoms with E-state index in [0.29, 0.717) is 27.6 Å². The Kier molecular flexibility index (Phi) is 5.14. The first-order chi connectivity index (χ1) is 12.4. The van der Waals surface area contributed by atoms with Gasteiger partial charge in [-0.15, -0.1) is 0 Å². The van der Waals surface area contributed by atoms with Crippen molar-refractivity contribution in [2.75, 3.05) is 0 Å². The number of nitrogens with two attached hydrogens (primary N) is 2. The third kappa shape index (κ3) is 4.16. The van der Waals surface area contributed by atoms with Crippen LogP contribution in [-0.2, 0) is 17.0 Å². The number of thioether (sulfide) groups is 1. The third-order valence-electron chi connectivity index (χ3n) is 3.67. The molecule has 3 rings (SSSR count). The fraction of sp³-hybridized carbons (Fsp3) is 0.188. The van der Waals surface area contributed by atoms with Crippen molar-refractivity contribution < 1.29 is 9.72 Å². The number of fused-ring (bicyclic) bond motifs is 1. The van der Waals surface area contributed by atoms with Gasteiger partial charge in [-0.05, 0) is 18.2 Å². The highest BCUT2D eigenvalue weighted by Gasteiger charge is 2.12. The number of hydrogen-bond donors (Lipinski definition) is 3. The van der Waals surface area contributed by atoms with Gasteiger partial charge in [-0.1, -0.05) is 17.8 Å². The molecule has 1 unspecified atom stereocenters. The van der Waals surface area contributed by atoms with Gasteiger partial charge >= 0.3 is 0 Å². The van der Waals surface area contributed by atoms with E-state index in [9.17, 15) is 14.9 Å². The summed E-state index contributed by atoms with van der Waals surface area (Å²) in [6, 6.07) is 9.21. The van der Waals surface area contributed by atoms with Crippen LogP contribution < -0.4 is 11.5 Å². The van der Waals surface area contributed by atoms with Gasteiger partial charge in [0.25, 0.3) is 5.69 Å². The molecule has 1 atom stereocenters. The zero-order chi connectivity index (χ0) is 18.7. The number of rotatable bonds is 7. The van der Waals surface area contributed by atoms with Crippen molar-refractivity contribution in [1.29, 1.82) is 0 Å². The number of nitro groups is 1. The number of nitrogens with one attached hydrogen (secondary N) is 1. The lowest BCUT2D eigenvalue weighted by atomic mass is 10.1. The van der Waals surface area contributed by atoms with Gasteiger partial charge in [-0.3, -0.25) is 19.9 Å². The maximum Gasteiger partial charge on any atom is 0.271 e. The number of hydrogen-bond acceptors (Lipinski definition) is 7. The number of H-pyrrole nitrogens is 1. The van der Waals surface area contributed by atoms with Crippen molar-refractivity contribution >= 4 is 34.4 Å². The summed E-state index contributed by atoms with van der Waals surface area (Å²) < 4.78 is 0. The molecule has 0 radical (unpaired) electrons. The topological polar surface area (TPSA) is 154 Å². The summed E-state index contributed by atoms with van der Waals surface area (Å²) >= 11 is 1.43. The fourth-order valence-electron chi connectivity index (χ4n) is 2.35. The molecular weight excluding hydrogens is 356 g/mol. The van der Waals surface area contributed by atoms with Crippen LogP contribution in [0.2, 0.25) is 0 Å². The van der Waals surface area contributed by atoms with E-state index >= 15 is 0 Å². The molecule has 3 aromatic rings. The molecule has 0 aliphatic heterocycles. The van der Waals surface area contributed by atoms with Crippen LogP contribution in [0.15, 0.2) is 41.6 Å². The van der Waals surface area contributed by atoms with Crippen LogP contribution in [0.25, 0.3) is 11.0 Å². The molecule has 0 spiro atoms. The van der Waals surface area contributed by atoms with Gasteiger partial charge < -0.3 is 16.5 Å². The molecular formula is C16H16N6O3S. The van der Waals surface area contributed by atoms with Crippen molar-refractivity contribution in [1.82, 2.24) is 15.0 Å². The van der Waals surface area contributed by atoms with Crippen LogP contribution in [0.1, 0.15) is 11.4 Å². The summed E-state index contributed by atoms with van der Waals surface area (Å²) in [5.41, 5.74) is 13.6. The van der Waals surface area contributed by atoms with E-state index in [2.05, 4.69) is 15.0 Å². The molecule has 0 saturated heterocycles. The second kappa shape index (κ2) is 7.50. The molecule has 0 aliphatic rings. The van der Waals surface area contributed by atoms with Crippen LogP contribution in [0.5, 0.6) is 0 Å². The number of amides is 1. The van der Waals surface area contributed by atoms with Gasteiger partial charge in [0.2, 0.25) is 5.91 Å². The Morgan fingerprint density at radius 3 is 2.77 bits per heavy atom. The quantitative estimate of drug-likeness (QED) is 0.322. The lowest BCUT2D eigenvalue weighted by Gasteiger charge is -2.07. The average Bonchev–Trinajstić information content (AvgIpc) is 3.02. The molecule has 2 heterocycles. The second-order valence-electron chi connectivity index (χ2n) is 5.62. The van der Waals surface area contributed by atoms with Gasteiger partial charge in [-0.25, -0.2) is 4.98 Å². The molecule has 26 heavy (non-hydrogen) atoms. The highest BCUT2D eigenvalue weighted by molar-refractivity contribution is 7.98. The first kappa shape index (κ1) is 17.8. The maximum absolute atomic E-state index is 11.1. The zero-order valence-electron chi connectivity index (χ0n) is 13.6. The molecule has 10 heteroatoms. The van der Waals surface area contributed by atoms with E-state index in [1.165, 1.54) is 23.9 Å². The molecule has 0 bridgehead atoms. The Morgan fingerprint density at radius 2 is 2.04 bits per heavy atom. The zero-order valence-corrected chi connectivity index (χ0v) is 14.4. The number of imidazole rings is 1. The van der Waals surface area contributed by atoms with Crippen LogP contribution >= 0.6 is 11.8 Å². The van der Waals surface area contributed by atoms with Crippen LogP contribution in [-0.4, -0.2) is 31.8 Å². The van der Waals surface area contributed by atoms with Gasteiger partial charge in [0.1, 0.15) is 0 Å². The van der Waals surface area contributed by atoms with Gasteiger partial charge in [0.15, 0.2) is 5.16 Å². The van der Waals surface area contributed by atoms with Gasteiger partial charge in [0, 0.05) is 30.0 Å². The average molecular weight is 372 g/mol. The Morgan fingerprint density at radius 1 is 1.27 bits per heavy atom. The molecule has 2 aromatic heterocycles. The number of aromatic amines is 1. The molecule has 0 fully saturated rings. The lowest BCUT2D eigenvalue weighted by Crippen LogP contribution is -2.38. The number of pyridine rings is 1. The second-order valence-corrected chi connectivity index (χ2v) is 6.59. The Balaban J connectivity index is 1.70. The summed E-state index contributed by atoms with van der Waals surface area (Å²) in [7, 11) is 0. The number of carbonyl (C=O) groups excluding carboxylic acids is 1. The number of primary amides is 1. The Labute approximate surface area is 152 Å². The van der Waals surface area contributed by atoms with E-state index in [1.807, 2.05) is 12.1 Å². The van der Waals surface area contributed by atoms with Gasteiger partial charge in [-0.2, -0.15) is 0 Å². The SMILES string of the molecule is NC(=O)C(N)Cc1cccc(CSc2nc3ccc([N+](=O)[O-])cc3[nH]2)n1. The first-order valence-electron chi connectivity index (χ1n) is 7.69. The molecule has 0 saturated carbocycles. The van der Waals surface area contributed by atoms with Crippen molar-refractivity contribution in [2.24, 2.45) is 11.5 Å². The molecule has 1 aromatic carbocycles. The van der Waals surface area contributed by atoms with E-state index in [4.69, 9.17) is 11.5 Å². The number of non-ortho nitro benzene ring substituents is 1. The molecule has 0 aliphatic carbocycles. The summed E-state index contributed by atoms with van der Waals surface area (Å²) in [6.07, 6.45) is 0.280.